The van der Waals surface area contributed by atoms with Crippen molar-refractivity contribution in [3.8, 4) is 5.75 Å². The number of benzene rings is 1. The summed E-state index contributed by atoms with van der Waals surface area (Å²) < 4.78 is 5.70. The van der Waals surface area contributed by atoms with Gasteiger partial charge in [0.25, 0.3) is 0 Å². The molecule has 1 atom stereocenters. The number of nitrogens with one attached hydrogen (secondary N) is 1. The lowest BCUT2D eigenvalue weighted by molar-refractivity contribution is 0.267. The van der Waals surface area contributed by atoms with E-state index in [-0.39, 0.29) is 6.04 Å². The van der Waals surface area contributed by atoms with Gasteiger partial charge in [-0.1, -0.05) is 18.2 Å². The number of nitrogens with two attached hydrogens (primary N) is 1. The molecular weight excluding hydrogens is 226 g/mol. The summed E-state index contributed by atoms with van der Waals surface area (Å²) in [6, 6.07) is 11.6. The number of ether oxygens (including phenoxy) is 1. The molecule has 0 saturated carbocycles. The molecule has 2 rings (SSSR count). The molecule has 1 aromatic carbocycles. The molecule has 18 heavy (non-hydrogen) atoms. The van der Waals surface area contributed by atoms with Crippen molar-refractivity contribution in [3.05, 3.63) is 59.9 Å². The SMILES string of the molecule is Cc1ccncc1C(COc1ccccc1)NN. The summed E-state index contributed by atoms with van der Waals surface area (Å²) in [6.45, 7) is 2.50. The molecule has 1 heterocycles. The van der Waals surface area contributed by atoms with Crippen LogP contribution in [0.3, 0.4) is 0 Å². The molecule has 0 saturated heterocycles. The van der Waals surface area contributed by atoms with Crippen LogP contribution in [0.2, 0.25) is 0 Å². The number of pyridine rings is 1. The molecule has 0 fully saturated rings. The molecular formula is C14H17N3O. The van der Waals surface area contributed by atoms with Gasteiger partial charge >= 0.3 is 0 Å². The minimum atomic E-state index is -0.0705. The molecule has 0 amide bonds. The lowest BCUT2D eigenvalue weighted by atomic mass is 10.1. The van der Waals surface area contributed by atoms with E-state index in [1.165, 1.54) is 0 Å². The van der Waals surface area contributed by atoms with E-state index >= 15 is 0 Å². The molecule has 3 N–H and O–H groups in total. The van der Waals surface area contributed by atoms with Crippen LogP contribution in [-0.4, -0.2) is 11.6 Å². The van der Waals surface area contributed by atoms with Gasteiger partial charge in [0.1, 0.15) is 12.4 Å². The van der Waals surface area contributed by atoms with Crippen molar-refractivity contribution >= 4 is 0 Å². The molecule has 4 nitrogen and oxygen atoms in total. The monoisotopic (exact) mass is 243 g/mol. The van der Waals surface area contributed by atoms with Crippen molar-refractivity contribution in [2.45, 2.75) is 13.0 Å². The van der Waals surface area contributed by atoms with Crippen LogP contribution in [-0.2, 0) is 0 Å². The highest BCUT2D eigenvalue weighted by molar-refractivity contribution is 5.26. The normalized spacial score (nSPS) is 12.1. The predicted molar refractivity (Wildman–Crippen MR) is 71.0 cm³/mol. The number of hydrogen-bond acceptors (Lipinski definition) is 4. The molecule has 4 heteroatoms. The summed E-state index contributed by atoms with van der Waals surface area (Å²) in [5.41, 5.74) is 4.96. The van der Waals surface area contributed by atoms with Crippen molar-refractivity contribution in [1.82, 2.24) is 10.4 Å². The topological polar surface area (TPSA) is 60.2 Å². The summed E-state index contributed by atoms with van der Waals surface area (Å²) in [6.07, 6.45) is 3.58. The zero-order chi connectivity index (χ0) is 12.8. The van der Waals surface area contributed by atoms with Gasteiger partial charge in [-0.15, -0.1) is 0 Å². The first-order chi connectivity index (χ1) is 8.81. The third-order valence-corrected chi connectivity index (χ3v) is 2.82. The fraction of sp³-hybridized carbons (Fsp3) is 0.214. The van der Waals surface area contributed by atoms with Gasteiger partial charge in [-0.25, -0.2) is 5.43 Å². The standard InChI is InChI=1S/C14H17N3O/c1-11-7-8-16-9-13(11)14(17-15)10-18-12-5-3-2-4-6-12/h2-9,14,17H,10,15H2,1H3. The fourth-order valence-electron chi connectivity index (χ4n) is 1.76. The van der Waals surface area contributed by atoms with E-state index in [0.29, 0.717) is 6.61 Å². The Hall–Kier alpha value is -1.91. The van der Waals surface area contributed by atoms with E-state index in [0.717, 1.165) is 16.9 Å². The van der Waals surface area contributed by atoms with Crippen LogP contribution < -0.4 is 16.0 Å². The zero-order valence-corrected chi connectivity index (χ0v) is 10.3. The Morgan fingerprint density at radius 3 is 2.72 bits per heavy atom. The van der Waals surface area contributed by atoms with Crippen LogP contribution in [0.15, 0.2) is 48.8 Å². The first-order valence-corrected chi connectivity index (χ1v) is 5.85. The maximum atomic E-state index is 5.70. The van der Waals surface area contributed by atoms with Crippen molar-refractivity contribution in [2.24, 2.45) is 5.84 Å². The second kappa shape index (κ2) is 6.14. The van der Waals surface area contributed by atoms with Crippen LogP contribution in [0.4, 0.5) is 0 Å². The van der Waals surface area contributed by atoms with Gasteiger partial charge in [-0.05, 0) is 36.2 Å². The van der Waals surface area contributed by atoms with Crippen molar-refractivity contribution in [2.75, 3.05) is 6.61 Å². The van der Waals surface area contributed by atoms with Gasteiger partial charge in [0.2, 0.25) is 0 Å². The van der Waals surface area contributed by atoms with Crippen LogP contribution in [0.25, 0.3) is 0 Å². The van der Waals surface area contributed by atoms with Gasteiger partial charge < -0.3 is 4.74 Å². The molecule has 0 aliphatic carbocycles. The first-order valence-electron chi connectivity index (χ1n) is 5.85. The number of para-hydroxylation sites is 1. The van der Waals surface area contributed by atoms with Crippen LogP contribution in [0.1, 0.15) is 17.2 Å². The van der Waals surface area contributed by atoms with Crippen LogP contribution in [0, 0.1) is 6.92 Å². The molecule has 0 radical (unpaired) electrons. The molecule has 2 aromatic rings. The van der Waals surface area contributed by atoms with Crippen molar-refractivity contribution in [1.29, 1.82) is 0 Å². The van der Waals surface area contributed by atoms with Crippen molar-refractivity contribution < 1.29 is 4.74 Å². The lowest BCUT2D eigenvalue weighted by Gasteiger charge is -2.18. The molecule has 0 aliphatic heterocycles. The van der Waals surface area contributed by atoms with Gasteiger partial charge in [-0.2, -0.15) is 0 Å². The summed E-state index contributed by atoms with van der Waals surface area (Å²) in [5.74, 6) is 6.41. The minimum Gasteiger partial charge on any atom is -0.492 e. The van der Waals surface area contributed by atoms with Crippen LogP contribution in [0.5, 0.6) is 5.75 Å². The predicted octanol–water partition coefficient (Wildman–Crippen LogP) is 1.97. The van der Waals surface area contributed by atoms with Gasteiger partial charge in [0.15, 0.2) is 0 Å². The number of nitrogens with zero attached hydrogens (tertiary/aromatic N) is 1. The molecule has 0 spiro atoms. The number of hydrogen-bond donors (Lipinski definition) is 2. The highest BCUT2D eigenvalue weighted by atomic mass is 16.5. The Bertz CT molecular complexity index is 487. The Morgan fingerprint density at radius 1 is 1.28 bits per heavy atom. The summed E-state index contributed by atoms with van der Waals surface area (Å²) >= 11 is 0. The van der Waals surface area contributed by atoms with Crippen LogP contribution >= 0.6 is 0 Å². The highest BCUT2D eigenvalue weighted by Gasteiger charge is 2.13. The van der Waals surface area contributed by atoms with E-state index in [1.54, 1.807) is 6.20 Å². The fourth-order valence-corrected chi connectivity index (χ4v) is 1.76. The van der Waals surface area contributed by atoms with E-state index in [1.807, 2.05) is 49.5 Å². The number of rotatable bonds is 5. The van der Waals surface area contributed by atoms with Gasteiger partial charge in [-0.3, -0.25) is 10.8 Å². The average molecular weight is 243 g/mol. The Kier molecular flexibility index (Phi) is 4.28. The quantitative estimate of drug-likeness (QED) is 0.622. The molecule has 0 bridgehead atoms. The Morgan fingerprint density at radius 2 is 2.06 bits per heavy atom. The second-order valence-electron chi connectivity index (χ2n) is 4.08. The summed E-state index contributed by atoms with van der Waals surface area (Å²) in [4.78, 5) is 4.12. The third-order valence-electron chi connectivity index (χ3n) is 2.82. The number of aryl methyl sites for hydroxylation is 1. The Labute approximate surface area is 107 Å². The molecule has 94 valence electrons. The van der Waals surface area contributed by atoms with E-state index in [4.69, 9.17) is 10.6 Å². The molecule has 1 aromatic heterocycles. The zero-order valence-electron chi connectivity index (χ0n) is 10.3. The lowest BCUT2D eigenvalue weighted by Crippen LogP contribution is -2.32. The molecule has 0 aliphatic rings. The minimum absolute atomic E-state index is 0.0705. The number of hydrazine groups is 1. The van der Waals surface area contributed by atoms with E-state index < -0.39 is 0 Å². The first kappa shape index (κ1) is 12.5. The van der Waals surface area contributed by atoms with E-state index in [2.05, 4.69) is 10.4 Å². The maximum absolute atomic E-state index is 5.70. The third kappa shape index (κ3) is 3.06. The maximum Gasteiger partial charge on any atom is 0.119 e. The largest absolute Gasteiger partial charge is 0.492 e. The van der Waals surface area contributed by atoms with Gasteiger partial charge in [0, 0.05) is 12.4 Å². The van der Waals surface area contributed by atoms with Crippen molar-refractivity contribution in [3.63, 3.8) is 0 Å². The highest BCUT2D eigenvalue weighted by Crippen LogP contribution is 2.17. The summed E-state index contributed by atoms with van der Waals surface area (Å²) in [7, 11) is 0. The number of aromatic nitrogens is 1. The second-order valence-corrected chi connectivity index (χ2v) is 4.08. The smallest absolute Gasteiger partial charge is 0.119 e. The average Bonchev–Trinajstić information content (AvgIpc) is 2.42. The summed E-state index contributed by atoms with van der Waals surface area (Å²) in [5, 5.41) is 0. The Balaban J connectivity index is 2.04. The van der Waals surface area contributed by atoms with Gasteiger partial charge in [0.05, 0.1) is 6.04 Å². The van der Waals surface area contributed by atoms with E-state index in [9.17, 15) is 0 Å². The molecule has 1 unspecified atom stereocenters.